The van der Waals surface area contributed by atoms with Crippen molar-refractivity contribution >= 4 is 33.1 Å². The number of nitrogens with zero attached hydrogens (tertiary/aromatic N) is 4. The Labute approximate surface area is 186 Å². The Kier molecular flexibility index (Phi) is 5.94. The number of piperazine rings is 1. The Balaban J connectivity index is 1.61. The number of likely N-dealkylation sites (N-methyl/N-ethyl adjacent to an activating group) is 1. The highest BCUT2D eigenvalue weighted by molar-refractivity contribution is 7.20. The zero-order chi connectivity index (χ0) is 22.3. The molecule has 164 valence electrons. The highest BCUT2D eigenvalue weighted by Gasteiger charge is 2.24. The number of carbonyl (C=O) groups is 1. The predicted octanol–water partition coefficient (Wildman–Crippen LogP) is 4.00. The SMILES string of the molecule is Cc1nc(C)c2c(C)c(C(=O)NC(C)c3cc(F)ccc3N3CCN(C)CC3)sc2n1. The highest BCUT2D eigenvalue weighted by atomic mass is 32.1. The number of benzene rings is 1. The number of halogens is 1. The summed E-state index contributed by atoms with van der Waals surface area (Å²) in [7, 11) is 2.10. The number of nitrogens with one attached hydrogen (secondary N) is 1. The van der Waals surface area contributed by atoms with E-state index in [1.165, 1.54) is 23.5 Å². The van der Waals surface area contributed by atoms with Crippen molar-refractivity contribution in [1.29, 1.82) is 0 Å². The van der Waals surface area contributed by atoms with E-state index in [9.17, 15) is 9.18 Å². The smallest absolute Gasteiger partial charge is 0.262 e. The monoisotopic (exact) mass is 441 g/mol. The van der Waals surface area contributed by atoms with Gasteiger partial charge in [-0.05, 0) is 58.5 Å². The minimum atomic E-state index is -0.337. The highest BCUT2D eigenvalue weighted by Crippen LogP contribution is 2.33. The van der Waals surface area contributed by atoms with E-state index >= 15 is 0 Å². The van der Waals surface area contributed by atoms with Crippen LogP contribution < -0.4 is 10.2 Å². The molecule has 1 N–H and O–H groups in total. The molecular weight excluding hydrogens is 413 g/mol. The van der Waals surface area contributed by atoms with Crippen LogP contribution in [-0.2, 0) is 0 Å². The van der Waals surface area contributed by atoms with Gasteiger partial charge in [0.2, 0.25) is 0 Å². The van der Waals surface area contributed by atoms with Crippen molar-refractivity contribution in [3.63, 3.8) is 0 Å². The van der Waals surface area contributed by atoms with Gasteiger partial charge in [-0.3, -0.25) is 4.79 Å². The third kappa shape index (κ3) is 4.27. The molecular formula is C23H28FN5OS. The molecule has 31 heavy (non-hydrogen) atoms. The minimum absolute atomic E-state index is 0.168. The maximum Gasteiger partial charge on any atom is 0.262 e. The third-order valence-corrected chi connectivity index (χ3v) is 7.12. The van der Waals surface area contributed by atoms with E-state index in [2.05, 4.69) is 32.1 Å². The van der Waals surface area contributed by atoms with Gasteiger partial charge in [-0.1, -0.05) is 0 Å². The van der Waals surface area contributed by atoms with Crippen molar-refractivity contribution in [3.05, 3.63) is 51.5 Å². The van der Waals surface area contributed by atoms with Crippen molar-refractivity contribution in [3.8, 4) is 0 Å². The summed E-state index contributed by atoms with van der Waals surface area (Å²) >= 11 is 1.38. The summed E-state index contributed by atoms with van der Waals surface area (Å²) < 4.78 is 14.1. The van der Waals surface area contributed by atoms with Gasteiger partial charge >= 0.3 is 0 Å². The Bertz CT molecular complexity index is 1140. The van der Waals surface area contributed by atoms with E-state index in [0.29, 0.717) is 10.7 Å². The first-order valence-corrected chi connectivity index (χ1v) is 11.3. The summed E-state index contributed by atoms with van der Waals surface area (Å²) in [6.07, 6.45) is 0. The lowest BCUT2D eigenvalue weighted by Gasteiger charge is -2.36. The Morgan fingerprint density at radius 2 is 1.87 bits per heavy atom. The maximum absolute atomic E-state index is 14.1. The number of hydrogen-bond acceptors (Lipinski definition) is 6. The van der Waals surface area contributed by atoms with E-state index < -0.39 is 0 Å². The normalized spacial score (nSPS) is 16.0. The number of rotatable bonds is 4. The fraction of sp³-hybridized carbons (Fsp3) is 0.435. The quantitative estimate of drug-likeness (QED) is 0.663. The van der Waals surface area contributed by atoms with Crippen LogP contribution in [0.4, 0.5) is 10.1 Å². The third-order valence-electron chi connectivity index (χ3n) is 5.94. The van der Waals surface area contributed by atoms with Crippen molar-refractivity contribution < 1.29 is 9.18 Å². The second-order valence-corrected chi connectivity index (χ2v) is 9.28. The van der Waals surface area contributed by atoms with E-state index in [4.69, 9.17) is 0 Å². The average molecular weight is 442 g/mol. The topological polar surface area (TPSA) is 61.4 Å². The Morgan fingerprint density at radius 1 is 1.16 bits per heavy atom. The summed E-state index contributed by atoms with van der Waals surface area (Å²) in [6.45, 7) is 11.3. The lowest BCUT2D eigenvalue weighted by atomic mass is 10.0. The molecule has 3 aromatic rings. The number of hydrogen-bond donors (Lipinski definition) is 1. The van der Waals surface area contributed by atoms with Gasteiger partial charge in [-0.15, -0.1) is 11.3 Å². The van der Waals surface area contributed by atoms with Crippen LogP contribution in [0, 0.1) is 26.6 Å². The average Bonchev–Trinajstić information content (AvgIpc) is 3.05. The maximum atomic E-state index is 14.1. The molecule has 1 amide bonds. The van der Waals surface area contributed by atoms with Crippen molar-refractivity contribution in [2.75, 3.05) is 38.1 Å². The fourth-order valence-electron chi connectivity index (χ4n) is 4.24. The summed E-state index contributed by atoms with van der Waals surface area (Å²) in [4.78, 5) is 28.1. The molecule has 1 aliphatic heterocycles. The predicted molar refractivity (Wildman–Crippen MR) is 124 cm³/mol. The van der Waals surface area contributed by atoms with E-state index in [0.717, 1.165) is 58.9 Å². The second-order valence-electron chi connectivity index (χ2n) is 8.28. The molecule has 1 atom stereocenters. The van der Waals surface area contributed by atoms with Crippen LogP contribution in [0.1, 0.15) is 45.3 Å². The summed E-state index contributed by atoms with van der Waals surface area (Å²) in [6, 6.07) is 4.52. The van der Waals surface area contributed by atoms with E-state index in [1.807, 2.05) is 33.8 Å². The molecule has 2 aromatic heterocycles. The number of thiophene rings is 1. The molecule has 0 aliphatic carbocycles. The zero-order valence-corrected chi connectivity index (χ0v) is 19.4. The molecule has 1 saturated heterocycles. The fourth-order valence-corrected chi connectivity index (χ4v) is 5.42. The molecule has 0 bridgehead atoms. The molecule has 0 radical (unpaired) electrons. The van der Waals surface area contributed by atoms with Gasteiger partial charge in [0, 0.05) is 48.5 Å². The van der Waals surface area contributed by atoms with Gasteiger partial charge < -0.3 is 15.1 Å². The number of aromatic nitrogens is 2. The summed E-state index contributed by atoms with van der Waals surface area (Å²) in [5, 5.41) is 4.03. The van der Waals surface area contributed by atoms with E-state index in [-0.39, 0.29) is 17.8 Å². The van der Waals surface area contributed by atoms with Gasteiger partial charge in [0.25, 0.3) is 5.91 Å². The number of fused-ring (bicyclic) bond motifs is 1. The van der Waals surface area contributed by atoms with Gasteiger partial charge in [0.05, 0.1) is 10.9 Å². The van der Waals surface area contributed by atoms with Crippen LogP contribution in [0.5, 0.6) is 0 Å². The lowest BCUT2D eigenvalue weighted by molar-refractivity contribution is 0.0943. The summed E-state index contributed by atoms with van der Waals surface area (Å²) in [5.74, 6) is 0.232. The molecule has 8 heteroatoms. The van der Waals surface area contributed by atoms with E-state index in [1.54, 1.807) is 0 Å². The Hall–Kier alpha value is -2.58. The molecule has 1 fully saturated rings. The van der Waals surface area contributed by atoms with Crippen LogP contribution in [0.3, 0.4) is 0 Å². The van der Waals surface area contributed by atoms with Crippen molar-refractivity contribution in [2.24, 2.45) is 0 Å². The van der Waals surface area contributed by atoms with Crippen LogP contribution in [0.15, 0.2) is 18.2 Å². The van der Waals surface area contributed by atoms with Crippen LogP contribution in [0.2, 0.25) is 0 Å². The first kappa shape index (κ1) is 21.6. The second kappa shape index (κ2) is 8.51. The van der Waals surface area contributed by atoms with Gasteiger partial charge in [0.1, 0.15) is 16.5 Å². The number of aryl methyl sites for hydroxylation is 3. The molecule has 4 rings (SSSR count). The molecule has 1 unspecified atom stereocenters. The minimum Gasteiger partial charge on any atom is -0.369 e. The van der Waals surface area contributed by atoms with Crippen molar-refractivity contribution in [1.82, 2.24) is 20.2 Å². The van der Waals surface area contributed by atoms with Gasteiger partial charge in [-0.25, -0.2) is 14.4 Å². The standard InChI is InChI=1S/C23H28FN5OS/c1-13-20-15(3)25-16(4)27-23(20)31-21(13)22(30)26-14(2)18-12-17(24)6-7-19(18)29-10-8-28(5)9-11-29/h6-7,12,14H,8-11H2,1-5H3,(H,26,30). The summed E-state index contributed by atoms with van der Waals surface area (Å²) in [5.41, 5.74) is 3.54. The number of anilines is 1. The number of carbonyl (C=O) groups excluding carboxylic acids is 1. The van der Waals surface area contributed by atoms with Crippen LogP contribution in [0.25, 0.3) is 10.2 Å². The molecule has 1 aromatic carbocycles. The molecule has 6 nitrogen and oxygen atoms in total. The molecule has 1 aliphatic rings. The lowest BCUT2D eigenvalue weighted by Crippen LogP contribution is -2.45. The largest absolute Gasteiger partial charge is 0.369 e. The molecule has 3 heterocycles. The molecule has 0 spiro atoms. The van der Waals surface area contributed by atoms with Crippen LogP contribution >= 0.6 is 11.3 Å². The van der Waals surface area contributed by atoms with Crippen molar-refractivity contribution in [2.45, 2.75) is 33.7 Å². The number of amides is 1. The van der Waals surface area contributed by atoms with Gasteiger partial charge in [0.15, 0.2) is 0 Å². The zero-order valence-electron chi connectivity index (χ0n) is 18.6. The molecule has 0 saturated carbocycles. The first-order valence-electron chi connectivity index (χ1n) is 10.5. The first-order chi connectivity index (χ1) is 14.7. The Morgan fingerprint density at radius 3 is 2.58 bits per heavy atom. The van der Waals surface area contributed by atoms with Gasteiger partial charge in [-0.2, -0.15) is 0 Å². The van der Waals surface area contributed by atoms with Crippen LogP contribution in [-0.4, -0.2) is 54.0 Å².